The standard InChI is InChI=1S/C16H19NO2/c1-2-5-16(18)17-11-8-9-15-13(10-11)12-6-3-4-7-14(12)19-15/h8-10H,2-7H2,1H3,(H,17,18). The summed E-state index contributed by atoms with van der Waals surface area (Å²) in [7, 11) is 0. The van der Waals surface area contributed by atoms with Gasteiger partial charge in [-0.2, -0.15) is 0 Å². The van der Waals surface area contributed by atoms with Crippen LogP contribution in [-0.4, -0.2) is 5.91 Å². The Bertz CT molecular complexity index is 612. The van der Waals surface area contributed by atoms with Crippen molar-refractivity contribution in [2.45, 2.75) is 45.4 Å². The van der Waals surface area contributed by atoms with Crippen molar-refractivity contribution in [1.82, 2.24) is 0 Å². The van der Waals surface area contributed by atoms with Crippen LogP contribution in [0.1, 0.15) is 43.9 Å². The summed E-state index contributed by atoms with van der Waals surface area (Å²) >= 11 is 0. The van der Waals surface area contributed by atoms with Gasteiger partial charge < -0.3 is 9.73 Å². The average Bonchev–Trinajstić information content (AvgIpc) is 2.77. The molecule has 0 radical (unpaired) electrons. The summed E-state index contributed by atoms with van der Waals surface area (Å²) < 4.78 is 5.89. The van der Waals surface area contributed by atoms with E-state index in [0.717, 1.165) is 36.3 Å². The fraction of sp³-hybridized carbons (Fsp3) is 0.438. The van der Waals surface area contributed by atoms with Crippen LogP contribution in [0, 0.1) is 0 Å². The maximum Gasteiger partial charge on any atom is 0.224 e. The molecule has 3 heteroatoms. The van der Waals surface area contributed by atoms with Crippen LogP contribution in [0.5, 0.6) is 0 Å². The first-order valence-electron chi connectivity index (χ1n) is 7.12. The lowest BCUT2D eigenvalue weighted by atomic mass is 9.96. The third-order valence-corrected chi connectivity index (χ3v) is 3.72. The first-order chi connectivity index (χ1) is 9.28. The average molecular weight is 257 g/mol. The summed E-state index contributed by atoms with van der Waals surface area (Å²) in [5.41, 5.74) is 3.16. The van der Waals surface area contributed by atoms with E-state index in [9.17, 15) is 4.79 Å². The lowest BCUT2D eigenvalue weighted by Crippen LogP contribution is -2.10. The van der Waals surface area contributed by atoms with Crippen molar-refractivity contribution in [2.24, 2.45) is 0 Å². The van der Waals surface area contributed by atoms with Crippen molar-refractivity contribution >= 4 is 22.6 Å². The molecule has 0 aliphatic heterocycles. The highest BCUT2D eigenvalue weighted by Crippen LogP contribution is 2.33. The lowest BCUT2D eigenvalue weighted by Gasteiger charge is -2.09. The molecule has 1 aliphatic rings. The van der Waals surface area contributed by atoms with E-state index in [1.165, 1.54) is 23.8 Å². The number of aryl methyl sites for hydroxylation is 2. The van der Waals surface area contributed by atoms with Crippen LogP contribution in [0.2, 0.25) is 0 Å². The van der Waals surface area contributed by atoms with Gasteiger partial charge in [0.2, 0.25) is 5.91 Å². The van der Waals surface area contributed by atoms with Gasteiger partial charge in [0.15, 0.2) is 0 Å². The van der Waals surface area contributed by atoms with Crippen LogP contribution in [0.4, 0.5) is 5.69 Å². The Morgan fingerprint density at radius 1 is 1.32 bits per heavy atom. The van der Waals surface area contributed by atoms with Gasteiger partial charge in [-0.1, -0.05) is 6.92 Å². The van der Waals surface area contributed by atoms with E-state index in [1.54, 1.807) is 0 Å². The van der Waals surface area contributed by atoms with E-state index in [1.807, 2.05) is 19.1 Å². The van der Waals surface area contributed by atoms with Crippen LogP contribution < -0.4 is 5.32 Å². The Balaban J connectivity index is 1.93. The number of carbonyl (C=O) groups excluding carboxylic acids is 1. The second kappa shape index (κ2) is 5.08. The summed E-state index contributed by atoms with van der Waals surface area (Å²) in [6, 6.07) is 5.94. The zero-order chi connectivity index (χ0) is 13.2. The molecule has 1 aromatic carbocycles. The molecule has 1 heterocycles. The van der Waals surface area contributed by atoms with E-state index in [-0.39, 0.29) is 5.91 Å². The van der Waals surface area contributed by atoms with Gasteiger partial charge in [0.1, 0.15) is 11.3 Å². The number of anilines is 1. The van der Waals surface area contributed by atoms with E-state index in [0.29, 0.717) is 6.42 Å². The zero-order valence-corrected chi connectivity index (χ0v) is 11.3. The molecule has 1 amide bonds. The lowest BCUT2D eigenvalue weighted by molar-refractivity contribution is -0.116. The Labute approximate surface area is 113 Å². The Morgan fingerprint density at radius 3 is 3.00 bits per heavy atom. The van der Waals surface area contributed by atoms with E-state index < -0.39 is 0 Å². The number of hydrogen-bond donors (Lipinski definition) is 1. The van der Waals surface area contributed by atoms with Crippen LogP contribution in [0.25, 0.3) is 11.0 Å². The van der Waals surface area contributed by atoms with Crippen LogP contribution in [0.15, 0.2) is 22.6 Å². The Kier molecular flexibility index (Phi) is 3.28. The van der Waals surface area contributed by atoms with Gasteiger partial charge in [0.05, 0.1) is 0 Å². The molecule has 0 saturated heterocycles. The first-order valence-corrected chi connectivity index (χ1v) is 7.12. The van der Waals surface area contributed by atoms with Gasteiger partial charge in [0, 0.05) is 29.5 Å². The number of rotatable bonds is 3. The molecule has 3 rings (SSSR count). The molecule has 19 heavy (non-hydrogen) atoms. The van der Waals surface area contributed by atoms with Gasteiger partial charge in [-0.05, 0) is 43.9 Å². The van der Waals surface area contributed by atoms with Crippen LogP contribution in [0.3, 0.4) is 0 Å². The van der Waals surface area contributed by atoms with Gasteiger partial charge in [-0.25, -0.2) is 0 Å². The van der Waals surface area contributed by atoms with Crippen molar-refractivity contribution in [2.75, 3.05) is 5.32 Å². The zero-order valence-electron chi connectivity index (χ0n) is 11.3. The van der Waals surface area contributed by atoms with Gasteiger partial charge >= 0.3 is 0 Å². The molecule has 0 fully saturated rings. The number of fused-ring (bicyclic) bond motifs is 3. The topological polar surface area (TPSA) is 42.2 Å². The van der Waals surface area contributed by atoms with E-state index >= 15 is 0 Å². The first kappa shape index (κ1) is 12.3. The van der Waals surface area contributed by atoms with Crippen molar-refractivity contribution in [3.63, 3.8) is 0 Å². The third kappa shape index (κ3) is 2.37. The van der Waals surface area contributed by atoms with Gasteiger partial charge in [-0.15, -0.1) is 0 Å². The second-order valence-corrected chi connectivity index (χ2v) is 5.22. The molecule has 1 N–H and O–H groups in total. The maximum atomic E-state index is 11.6. The molecule has 0 saturated carbocycles. The highest BCUT2D eigenvalue weighted by molar-refractivity contribution is 5.94. The fourth-order valence-electron chi connectivity index (χ4n) is 2.79. The Morgan fingerprint density at radius 2 is 2.16 bits per heavy atom. The predicted octanol–water partition coefficient (Wildman–Crippen LogP) is 4.05. The monoisotopic (exact) mass is 257 g/mol. The molecule has 0 bridgehead atoms. The highest BCUT2D eigenvalue weighted by Gasteiger charge is 2.17. The normalized spacial score (nSPS) is 14.4. The number of amides is 1. The van der Waals surface area contributed by atoms with Crippen molar-refractivity contribution in [3.05, 3.63) is 29.5 Å². The van der Waals surface area contributed by atoms with Crippen LogP contribution in [-0.2, 0) is 17.6 Å². The number of hydrogen-bond acceptors (Lipinski definition) is 2. The Hall–Kier alpha value is -1.77. The smallest absolute Gasteiger partial charge is 0.224 e. The van der Waals surface area contributed by atoms with Gasteiger partial charge in [-0.3, -0.25) is 4.79 Å². The van der Waals surface area contributed by atoms with E-state index in [4.69, 9.17) is 4.42 Å². The molecule has 2 aromatic rings. The molecule has 1 aromatic heterocycles. The quantitative estimate of drug-likeness (QED) is 0.901. The number of furan rings is 1. The minimum atomic E-state index is 0.0826. The minimum Gasteiger partial charge on any atom is -0.461 e. The van der Waals surface area contributed by atoms with Crippen molar-refractivity contribution < 1.29 is 9.21 Å². The highest BCUT2D eigenvalue weighted by atomic mass is 16.3. The van der Waals surface area contributed by atoms with E-state index in [2.05, 4.69) is 11.4 Å². The number of carbonyl (C=O) groups is 1. The number of nitrogens with one attached hydrogen (secondary N) is 1. The van der Waals surface area contributed by atoms with Gasteiger partial charge in [0.25, 0.3) is 0 Å². The second-order valence-electron chi connectivity index (χ2n) is 5.22. The summed E-state index contributed by atoms with van der Waals surface area (Å²) in [5, 5.41) is 4.12. The molecule has 100 valence electrons. The van der Waals surface area contributed by atoms with Crippen LogP contribution >= 0.6 is 0 Å². The molecule has 0 spiro atoms. The minimum absolute atomic E-state index is 0.0826. The van der Waals surface area contributed by atoms with Crippen molar-refractivity contribution in [1.29, 1.82) is 0 Å². The molecule has 1 aliphatic carbocycles. The molecule has 0 unspecified atom stereocenters. The summed E-state index contributed by atoms with van der Waals surface area (Å²) in [6.07, 6.45) is 6.02. The SMILES string of the molecule is CCCC(=O)Nc1ccc2oc3c(c2c1)CCCC3. The van der Waals surface area contributed by atoms with Crippen molar-refractivity contribution in [3.8, 4) is 0 Å². The summed E-state index contributed by atoms with van der Waals surface area (Å²) in [5.74, 6) is 1.22. The summed E-state index contributed by atoms with van der Waals surface area (Å²) in [4.78, 5) is 11.6. The molecule has 3 nitrogen and oxygen atoms in total. The summed E-state index contributed by atoms with van der Waals surface area (Å²) in [6.45, 7) is 2.01. The molecular weight excluding hydrogens is 238 g/mol. The largest absolute Gasteiger partial charge is 0.461 e. The molecular formula is C16H19NO2. The predicted molar refractivity (Wildman–Crippen MR) is 76.4 cm³/mol. The molecule has 0 atom stereocenters. The number of benzene rings is 1. The fourth-order valence-corrected chi connectivity index (χ4v) is 2.79. The third-order valence-electron chi connectivity index (χ3n) is 3.72. The maximum absolute atomic E-state index is 11.6.